The van der Waals surface area contributed by atoms with Crippen LogP contribution in [-0.2, 0) is 12.0 Å². The van der Waals surface area contributed by atoms with Crippen molar-refractivity contribution in [3.05, 3.63) is 54.1 Å². The van der Waals surface area contributed by atoms with Crippen molar-refractivity contribution in [2.45, 2.75) is 39.2 Å². The summed E-state index contributed by atoms with van der Waals surface area (Å²) in [6.45, 7) is 8.65. The molecule has 4 nitrogen and oxygen atoms in total. The Hall–Kier alpha value is -1.94. The molecule has 4 heteroatoms. The molecule has 0 aliphatic rings. The number of aromatic nitrogens is 2. The van der Waals surface area contributed by atoms with Gasteiger partial charge in [-0.05, 0) is 23.9 Å². The molecule has 0 saturated carbocycles. The maximum atomic E-state index is 12.1. The maximum absolute atomic E-state index is 12.1. The quantitative estimate of drug-likeness (QED) is 0.631. The number of Topliss-reactive ketones (excluding diaryl/α,β-unsaturated/α-hetero) is 1. The number of rotatable bonds is 7. The van der Waals surface area contributed by atoms with Gasteiger partial charge in [0, 0.05) is 24.5 Å². The molecule has 0 radical (unpaired) electrons. The Bertz CT molecular complexity index is 580. The predicted octanol–water partition coefficient (Wildman–Crippen LogP) is 3.04. The molecule has 0 unspecified atom stereocenters. The summed E-state index contributed by atoms with van der Waals surface area (Å²) in [5.41, 5.74) is 2.14. The summed E-state index contributed by atoms with van der Waals surface area (Å²) in [5, 5.41) is 3.21. The third-order valence-electron chi connectivity index (χ3n) is 3.69. The molecule has 0 atom stereocenters. The first-order chi connectivity index (χ1) is 10.5. The van der Waals surface area contributed by atoms with Crippen LogP contribution in [0.3, 0.4) is 0 Å². The number of benzene rings is 1. The zero-order chi connectivity index (χ0) is 16.0. The lowest BCUT2D eigenvalue weighted by Gasteiger charge is -2.19. The van der Waals surface area contributed by atoms with E-state index >= 15 is 0 Å². The molecule has 0 spiro atoms. The Morgan fingerprint density at radius 1 is 1.23 bits per heavy atom. The second-order valence-electron chi connectivity index (χ2n) is 6.58. The molecule has 1 heterocycles. The van der Waals surface area contributed by atoms with Gasteiger partial charge in [0.15, 0.2) is 5.78 Å². The second-order valence-corrected chi connectivity index (χ2v) is 6.58. The van der Waals surface area contributed by atoms with Crippen molar-refractivity contribution in [2.75, 3.05) is 13.1 Å². The van der Waals surface area contributed by atoms with Crippen LogP contribution in [-0.4, -0.2) is 28.4 Å². The lowest BCUT2D eigenvalue weighted by molar-refractivity contribution is 0.0991. The SMILES string of the molecule is CC(C)(C)c1ccc(C(=O)CNCCCn2ccnc2)cc1. The summed E-state index contributed by atoms with van der Waals surface area (Å²) in [4.78, 5) is 16.1. The van der Waals surface area contributed by atoms with Crippen molar-refractivity contribution in [3.8, 4) is 0 Å². The highest BCUT2D eigenvalue weighted by Crippen LogP contribution is 2.22. The fraction of sp³-hybridized carbons (Fsp3) is 0.444. The summed E-state index contributed by atoms with van der Waals surface area (Å²) < 4.78 is 2.04. The van der Waals surface area contributed by atoms with Gasteiger partial charge in [-0.1, -0.05) is 45.0 Å². The summed E-state index contributed by atoms with van der Waals surface area (Å²) in [7, 11) is 0. The number of aryl methyl sites for hydroxylation is 1. The van der Waals surface area contributed by atoms with Gasteiger partial charge in [0.2, 0.25) is 0 Å². The minimum Gasteiger partial charge on any atom is -0.337 e. The summed E-state index contributed by atoms with van der Waals surface area (Å²) in [5.74, 6) is 0.142. The zero-order valence-electron chi connectivity index (χ0n) is 13.7. The van der Waals surface area contributed by atoms with E-state index in [0.29, 0.717) is 6.54 Å². The van der Waals surface area contributed by atoms with Crippen LogP contribution in [0.2, 0.25) is 0 Å². The molecule has 0 saturated heterocycles. The maximum Gasteiger partial charge on any atom is 0.176 e. The molecule has 2 rings (SSSR count). The summed E-state index contributed by atoms with van der Waals surface area (Å²) in [6, 6.07) is 7.95. The highest BCUT2D eigenvalue weighted by Gasteiger charge is 2.14. The number of hydrogen-bond acceptors (Lipinski definition) is 3. The van der Waals surface area contributed by atoms with E-state index in [1.807, 2.05) is 41.4 Å². The van der Waals surface area contributed by atoms with Crippen molar-refractivity contribution >= 4 is 5.78 Å². The van der Waals surface area contributed by atoms with Crippen molar-refractivity contribution < 1.29 is 4.79 Å². The van der Waals surface area contributed by atoms with E-state index in [2.05, 4.69) is 31.1 Å². The molecule has 0 amide bonds. The Balaban J connectivity index is 1.73. The van der Waals surface area contributed by atoms with Crippen molar-refractivity contribution in [1.29, 1.82) is 0 Å². The van der Waals surface area contributed by atoms with Gasteiger partial charge >= 0.3 is 0 Å². The van der Waals surface area contributed by atoms with Crippen LogP contribution in [0.4, 0.5) is 0 Å². The van der Waals surface area contributed by atoms with Crippen molar-refractivity contribution in [3.63, 3.8) is 0 Å². The van der Waals surface area contributed by atoms with E-state index in [1.165, 1.54) is 5.56 Å². The smallest absolute Gasteiger partial charge is 0.176 e. The van der Waals surface area contributed by atoms with E-state index in [1.54, 1.807) is 6.20 Å². The van der Waals surface area contributed by atoms with Crippen LogP contribution < -0.4 is 5.32 Å². The fourth-order valence-corrected chi connectivity index (χ4v) is 2.27. The molecular formula is C18H25N3O. The topological polar surface area (TPSA) is 46.9 Å². The lowest BCUT2D eigenvalue weighted by atomic mass is 9.86. The third kappa shape index (κ3) is 4.81. The normalized spacial score (nSPS) is 11.6. The molecule has 1 aromatic carbocycles. The highest BCUT2D eigenvalue weighted by atomic mass is 16.1. The van der Waals surface area contributed by atoms with Gasteiger partial charge in [-0.15, -0.1) is 0 Å². The highest BCUT2D eigenvalue weighted by molar-refractivity contribution is 5.97. The molecule has 0 bridgehead atoms. The average Bonchev–Trinajstić information content (AvgIpc) is 2.99. The van der Waals surface area contributed by atoms with Gasteiger partial charge in [0.25, 0.3) is 0 Å². The van der Waals surface area contributed by atoms with E-state index in [-0.39, 0.29) is 11.2 Å². The number of carbonyl (C=O) groups is 1. The fourth-order valence-electron chi connectivity index (χ4n) is 2.27. The molecule has 118 valence electrons. The summed E-state index contributed by atoms with van der Waals surface area (Å²) >= 11 is 0. The van der Waals surface area contributed by atoms with Gasteiger partial charge < -0.3 is 9.88 Å². The largest absolute Gasteiger partial charge is 0.337 e. The first kappa shape index (κ1) is 16.4. The van der Waals surface area contributed by atoms with Crippen LogP contribution in [0.5, 0.6) is 0 Å². The number of carbonyl (C=O) groups excluding carboxylic acids is 1. The molecule has 0 fully saturated rings. The first-order valence-corrected chi connectivity index (χ1v) is 7.77. The van der Waals surface area contributed by atoms with Crippen LogP contribution in [0.15, 0.2) is 43.0 Å². The zero-order valence-corrected chi connectivity index (χ0v) is 13.7. The Labute approximate surface area is 132 Å². The standard InChI is InChI=1S/C18H25N3O/c1-18(2,3)16-7-5-15(6-8-16)17(22)13-19-9-4-11-21-12-10-20-14-21/h5-8,10,12,14,19H,4,9,11,13H2,1-3H3. The van der Waals surface area contributed by atoms with Crippen LogP contribution in [0.1, 0.15) is 43.1 Å². The van der Waals surface area contributed by atoms with Crippen molar-refractivity contribution in [2.24, 2.45) is 0 Å². The lowest BCUT2D eigenvalue weighted by Crippen LogP contribution is -2.24. The second kappa shape index (κ2) is 7.36. The molecule has 22 heavy (non-hydrogen) atoms. The van der Waals surface area contributed by atoms with Gasteiger partial charge in [-0.3, -0.25) is 4.79 Å². The summed E-state index contributed by atoms with van der Waals surface area (Å²) in [6.07, 6.45) is 6.51. The first-order valence-electron chi connectivity index (χ1n) is 7.77. The van der Waals surface area contributed by atoms with Gasteiger partial charge in [0.05, 0.1) is 12.9 Å². The van der Waals surface area contributed by atoms with E-state index in [9.17, 15) is 4.79 Å². The number of hydrogen-bond donors (Lipinski definition) is 1. The minimum absolute atomic E-state index is 0.118. The van der Waals surface area contributed by atoms with Crippen LogP contribution in [0.25, 0.3) is 0 Å². The Morgan fingerprint density at radius 3 is 2.55 bits per heavy atom. The van der Waals surface area contributed by atoms with E-state index < -0.39 is 0 Å². The van der Waals surface area contributed by atoms with E-state index in [4.69, 9.17) is 0 Å². The molecule has 0 aliphatic carbocycles. The van der Waals surface area contributed by atoms with Crippen LogP contribution in [0, 0.1) is 0 Å². The molecule has 1 aromatic heterocycles. The Morgan fingerprint density at radius 2 is 1.95 bits per heavy atom. The van der Waals surface area contributed by atoms with Gasteiger partial charge in [-0.2, -0.15) is 0 Å². The van der Waals surface area contributed by atoms with Gasteiger partial charge in [0.1, 0.15) is 0 Å². The van der Waals surface area contributed by atoms with Gasteiger partial charge in [-0.25, -0.2) is 4.98 Å². The van der Waals surface area contributed by atoms with Crippen LogP contribution >= 0.6 is 0 Å². The molecule has 0 aliphatic heterocycles. The van der Waals surface area contributed by atoms with E-state index in [0.717, 1.165) is 25.1 Å². The predicted molar refractivity (Wildman–Crippen MR) is 89.2 cm³/mol. The number of imidazole rings is 1. The minimum atomic E-state index is 0.118. The Kier molecular flexibility index (Phi) is 5.50. The number of nitrogens with one attached hydrogen (secondary N) is 1. The number of nitrogens with zero attached hydrogens (tertiary/aromatic N) is 2. The third-order valence-corrected chi connectivity index (χ3v) is 3.69. The van der Waals surface area contributed by atoms with Crippen molar-refractivity contribution in [1.82, 2.24) is 14.9 Å². The molecule has 2 aromatic rings. The monoisotopic (exact) mass is 299 g/mol. The number of ketones is 1. The average molecular weight is 299 g/mol. The molecular weight excluding hydrogens is 274 g/mol. The molecule has 1 N–H and O–H groups in total.